The molecular formula is C14H21N3O2. The Balaban J connectivity index is 2.36. The van der Waals surface area contributed by atoms with Crippen LogP contribution in [0.5, 0.6) is 0 Å². The number of aromatic nitrogens is 1. The van der Waals surface area contributed by atoms with Crippen molar-refractivity contribution < 1.29 is 4.42 Å². The predicted molar refractivity (Wildman–Crippen MR) is 76.3 cm³/mol. The van der Waals surface area contributed by atoms with Crippen molar-refractivity contribution in [1.82, 2.24) is 15.6 Å². The van der Waals surface area contributed by atoms with Crippen LogP contribution < -0.4 is 16.4 Å². The van der Waals surface area contributed by atoms with Crippen LogP contribution in [0.3, 0.4) is 0 Å². The minimum Gasteiger partial charge on any atom is -0.408 e. The highest BCUT2D eigenvalue weighted by Gasteiger charge is 2.20. The van der Waals surface area contributed by atoms with Crippen molar-refractivity contribution in [3.05, 3.63) is 34.3 Å². The van der Waals surface area contributed by atoms with Gasteiger partial charge in [-0.15, -0.1) is 0 Å². The molecule has 0 aliphatic heterocycles. The maximum absolute atomic E-state index is 11.2. The Kier molecular flexibility index (Phi) is 4.39. The van der Waals surface area contributed by atoms with E-state index in [1.807, 2.05) is 32.3 Å². The van der Waals surface area contributed by atoms with Crippen molar-refractivity contribution in [2.24, 2.45) is 5.92 Å². The van der Waals surface area contributed by atoms with E-state index in [4.69, 9.17) is 4.42 Å². The van der Waals surface area contributed by atoms with Crippen molar-refractivity contribution in [3.63, 3.8) is 0 Å². The molecule has 0 aliphatic carbocycles. The first-order valence-corrected chi connectivity index (χ1v) is 6.64. The lowest BCUT2D eigenvalue weighted by atomic mass is 9.90. The quantitative estimate of drug-likeness (QED) is 0.741. The number of oxazole rings is 1. The number of nitrogens with one attached hydrogen (secondary N) is 3. The van der Waals surface area contributed by atoms with Crippen LogP contribution in [0.15, 0.2) is 27.4 Å². The van der Waals surface area contributed by atoms with Gasteiger partial charge in [0.2, 0.25) is 0 Å². The molecule has 0 aliphatic rings. The first kappa shape index (κ1) is 13.8. The summed E-state index contributed by atoms with van der Waals surface area (Å²) in [6, 6.07) is 6.09. The Morgan fingerprint density at radius 3 is 2.79 bits per heavy atom. The molecule has 2 unspecified atom stereocenters. The molecule has 0 saturated heterocycles. The smallest absolute Gasteiger partial charge is 0.408 e. The summed E-state index contributed by atoms with van der Waals surface area (Å²) >= 11 is 0. The lowest BCUT2D eigenvalue weighted by molar-refractivity contribution is 0.360. The Morgan fingerprint density at radius 1 is 1.37 bits per heavy atom. The highest BCUT2D eigenvalue weighted by Crippen LogP contribution is 2.26. The van der Waals surface area contributed by atoms with E-state index in [2.05, 4.69) is 22.5 Å². The van der Waals surface area contributed by atoms with Gasteiger partial charge in [-0.3, -0.25) is 4.98 Å². The third kappa shape index (κ3) is 2.88. The van der Waals surface area contributed by atoms with Crippen LogP contribution in [0.4, 0.5) is 0 Å². The molecule has 1 heterocycles. The first-order valence-electron chi connectivity index (χ1n) is 6.64. The molecule has 104 valence electrons. The molecule has 5 heteroatoms. The van der Waals surface area contributed by atoms with Crippen molar-refractivity contribution >= 4 is 11.1 Å². The summed E-state index contributed by atoms with van der Waals surface area (Å²) in [4.78, 5) is 13.9. The topological polar surface area (TPSA) is 70.1 Å². The van der Waals surface area contributed by atoms with Gasteiger partial charge >= 0.3 is 5.76 Å². The highest BCUT2D eigenvalue weighted by molar-refractivity contribution is 5.72. The van der Waals surface area contributed by atoms with E-state index in [9.17, 15) is 4.79 Å². The van der Waals surface area contributed by atoms with E-state index in [1.165, 1.54) is 0 Å². The molecule has 0 amide bonds. The summed E-state index contributed by atoms with van der Waals surface area (Å²) in [5.41, 5.74) is 2.52. The van der Waals surface area contributed by atoms with Gasteiger partial charge in [0, 0.05) is 6.04 Å². The summed E-state index contributed by atoms with van der Waals surface area (Å²) < 4.78 is 5.03. The van der Waals surface area contributed by atoms with E-state index < -0.39 is 5.76 Å². The highest BCUT2D eigenvalue weighted by atomic mass is 16.4. The zero-order valence-corrected chi connectivity index (χ0v) is 11.6. The van der Waals surface area contributed by atoms with Crippen LogP contribution in [0.2, 0.25) is 0 Å². The SMILES string of the molecule is CCC(CNC)C(NC)c1ccc2oc(=O)[nH]c2c1. The van der Waals surface area contributed by atoms with Gasteiger partial charge < -0.3 is 15.1 Å². The summed E-state index contributed by atoms with van der Waals surface area (Å²) in [7, 11) is 3.93. The summed E-state index contributed by atoms with van der Waals surface area (Å²) in [5.74, 6) is 0.0847. The minimum atomic E-state index is -0.407. The fourth-order valence-corrected chi connectivity index (χ4v) is 2.60. The standard InChI is InChI=1S/C14H21N3O2/c1-4-9(8-15-2)13(16-3)10-5-6-12-11(7-10)17-14(18)19-12/h5-7,9,13,15-16H,4,8H2,1-3H3,(H,17,18). The summed E-state index contributed by atoms with van der Waals surface area (Å²) in [5, 5.41) is 6.59. The van der Waals surface area contributed by atoms with E-state index >= 15 is 0 Å². The third-order valence-electron chi connectivity index (χ3n) is 3.58. The number of hydrogen-bond acceptors (Lipinski definition) is 4. The molecule has 2 atom stereocenters. The fraction of sp³-hybridized carbons (Fsp3) is 0.500. The average molecular weight is 263 g/mol. The maximum Gasteiger partial charge on any atom is 0.417 e. The summed E-state index contributed by atoms with van der Waals surface area (Å²) in [6.45, 7) is 3.13. The van der Waals surface area contributed by atoms with Crippen molar-refractivity contribution in [2.45, 2.75) is 19.4 Å². The molecule has 1 aromatic heterocycles. The van der Waals surface area contributed by atoms with Crippen molar-refractivity contribution in [2.75, 3.05) is 20.6 Å². The number of aromatic amines is 1. The Bertz CT molecular complexity index is 588. The van der Waals surface area contributed by atoms with Gasteiger partial charge in [-0.05, 0) is 44.3 Å². The van der Waals surface area contributed by atoms with Gasteiger partial charge in [-0.2, -0.15) is 0 Å². The first-order chi connectivity index (χ1) is 9.19. The molecule has 1 aromatic carbocycles. The summed E-state index contributed by atoms with van der Waals surface area (Å²) in [6.07, 6.45) is 1.08. The number of H-pyrrole nitrogens is 1. The molecule has 3 N–H and O–H groups in total. The maximum atomic E-state index is 11.2. The van der Waals surface area contributed by atoms with Gasteiger partial charge in [0.25, 0.3) is 0 Å². The third-order valence-corrected chi connectivity index (χ3v) is 3.58. The number of fused-ring (bicyclic) bond motifs is 1. The second-order valence-corrected chi connectivity index (χ2v) is 4.76. The van der Waals surface area contributed by atoms with Gasteiger partial charge in [-0.25, -0.2) is 4.79 Å². The van der Waals surface area contributed by atoms with Crippen LogP contribution in [-0.2, 0) is 0 Å². The van der Waals surface area contributed by atoms with Gasteiger partial charge in [0.05, 0.1) is 5.52 Å². The fourth-order valence-electron chi connectivity index (χ4n) is 2.60. The molecule has 0 saturated carbocycles. The Hall–Kier alpha value is -1.59. The minimum absolute atomic E-state index is 0.250. The molecule has 0 spiro atoms. The van der Waals surface area contributed by atoms with E-state index in [0.29, 0.717) is 11.5 Å². The van der Waals surface area contributed by atoms with Gasteiger partial charge in [0.15, 0.2) is 5.58 Å². The Labute approximate surface area is 112 Å². The molecule has 0 fully saturated rings. The van der Waals surface area contributed by atoms with Crippen LogP contribution in [0, 0.1) is 5.92 Å². The molecule has 0 bridgehead atoms. The van der Waals surface area contributed by atoms with E-state index in [-0.39, 0.29) is 6.04 Å². The molecule has 2 aromatic rings. The van der Waals surface area contributed by atoms with Crippen molar-refractivity contribution in [3.8, 4) is 0 Å². The van der Waals surface area contributed by atoms with Gasteiger partial charge in [0.1, 0.15) is 0 Å². The molecule has 2 rings (SSSR count). The molecule has 0 radical (unpaired) electrons. The van der Waals surface area contributed by atoms with Crippen LogP contribution in [-0.4, -0.2) is 25.6 Å². The van der Waals surface area contributed by atoms with Crippen LogP contribution in [0.25, 0.3) is 11.1 Å². The lowest BCUT2D eigenvalue weighted by Crippen LogP contribution is -2.31. The number of hydrogen-bond donors (Lipinski definition) is 3. The van der Waals surface area contributed by atoms with E-state index in [1.54, 1.807) is 0 Å². The van der Waals surface area contributed by atoms with E-state index in [0.717, 1.165) is 24.0 Å². The molecule has 19 heavy (non-hydrogen) atoms. The monoisotopic (exact) mass is 263 g/mol. The predicted octanol–water partition coefficient (Wildman–Crippen LogP) is 1.63. The lowest BCUT2D eigenvalue weighted by Gasteiger charge is -2.26. The second kappa shape index (κ2) is 6.04. The Morgan fingerprint density at radius 2 is 2.16 bits per heavy atom. The zero-order chi connectivity index (χ0) is 13.8. The molecular weight excluding hydrogens is 242 g/mol. The largest absolute Gasteiger partial charge is 0.417 e. The average Bonchev–Trinajstić information content (AvgIpc) is 2.77. The van der Waals surface area contributed by atoms with Crippen LogP contribution >= 0.6 is 0 Å². The normalized spacial score (nSPS) is 14.7. The molecule has 5 nitrogen and oxygen atoms in total. The van der Waals surface area contributed by atoms with Crippen molar-refractivity contribution in [1.29, 1.82) is 0 Å². The number of rotatable bonds is 6. The number of benzene rings is 1. The zero-order valence-electron chi connectivity index (χ0n) is 11.6. The van der Waals surface area contributed by atoms with Crippen LogP contribution in [0.1, 0.15) is 24.9 Å². The van der Waals surface area contributed by atoms with Gasteiger partial charge in [-0.1, -0.05) is 19.4 Å². The second-order valence-electron chi connectivity index (χ2n) is 4.76.